The van der Waals surface area contributed by atoms with E-state index in [2.05, 4.69) is 5.32 Å². The van der Waals surface area contributed by atoms with E-state index >= 15 is 0 Å². The fourth-order valence-electron chi connectivity index (χ4n) is 5.61. The number of hydrogen-bond acceptors (Lipinski definition) is 7. The molecule has 8 nitrogen and oxygen atoms in total. The van der Waals surface area contributed by atoms with Gasteiger partial charge < -0.3 is 10.2 Å². The van der Waals surface area contributed by atoms with Crippen LogP contribution in [0.4, 0.5) is 30.2 Å². The molecule has 2 aliphatic rings. The van der Waals surface area contributed by atoms with E-state index in [1.165, 1.54) is 12.1 Å². The summed E-state index contributed by atoms with van der Waals surface area (Å²) in [4.78, 5) is 57.3. The van der Waals surface area contributed by atoms with Crippen molar-refractivity contribution in [1.82, 2.24) is 4.57 Å². The molecule has 232 valence electrons. The summed E-state index contributed by atoms with van der Waals surface area (Å²) in [6.07, 6.45) is -4.70. The average molecular weight is 673 g/mol. The second-order valence-corrected chi connectivity index (χ2v) is 13.3. The lowest BCUT2D eigenvalue weighted by molar-refractivity contribution is -0.137. The molecule has 14 heteroatoms. The van der Waals surface area contributed by atoms with Crippen molar-refractivity contribution in [2.45, 2.75) is 28.9 Å². The van der Waals surface area contributed by atoms with E-state index in [9.17, 15) is 32.3 Å². The summed E-state index contributed by atoms with van der Waals surface area (Å²) in [5.74, 6) is -3.30. The molecule has 0 bridgehead atoms. The number of amides is 3. The zero-order valence-electron chi connectivity index (χ0n) is 23.7. The molecule has 0 saturated carbocycles. The Labute approximate surface area is 268 Å². The monoisotopic (exact) mass is 672 g/mol. The highest BCUT2D eigenvalue weighted by Crippen LogP contribution is 2.54. The number of imide groups is 1. The SMILES string of the molecule is CN(C)c1ccc([C@@H]2c3sc(=O)n(CC(=O)Nc4ccccc4C(F)(F)F)c3S[C@H]3C(=O)N(c4ccc(Cl)cc4)C(=O)[C@@H]23)cc1. The van der Waals surface area contributed by atoms with Crippen molar-refractivity contribution in [3.63, 3.8) is 0 Å². The number of anilines is 3. The van der Waals surface area contributed by atoms with Crippen molar-refractivity contribution in [1.29, 1.82) is 0 Å². The predicted octanol–water partition coefficient (Wildman–Crippen LogP) is 6.08. The number of hydrogen-bond donors (Lipinski definition) is 1. The highest BCUT2D eigenvalue weighted by atomic mass is 35.5. The van der Waals surface area contributed by atoms with Gasteiger partial charge in [0, 0.05) is 35.6 Å². The van der Waals surface area contributed by atoms with Crippen LogP contribution in [0.3, 0.4) is 0 Å². The summed E-state index contributed by atoms with van der Waals surface area (Å²) >= 11 is 7.91. The number of alkyl halides is 3. The molecule has 45 heavy (non-hydrogen) atoms. The van der Waals surface area contributed by atoms with Gasteiger partial charge in [0.2, 0.25) is 17.7 Å². The number of nitrogens with one attached hydrogen (secondary N) is 1. The van der Waals surface area contributed by atoms with Gasteiger partial charge in [-0.2, -0.15) is 13.2 Å². The number of aromatic nitrogens is 1. The van der Waals surface area contributed by atoms with Crippen molar-refractivity contribution in [3.8, 4) is 0 Å². The van der Waals surface area contributed by atoms with Crippen molar-refractivity contribution < 1.29 is 27.6 Å². The van der Waals surface area contributed by atoms with E-state index in [4.69, 9.17) is 11.6 Å². The quantitative estimate of drug-likeness (QED) is 0.250. The number of para-hydroxylation sites is 1. The Bertz CT molecular complexity index is 1870. The van der Waals surface area contributed by atoms with Crippen LogP contribution < -0.4 is 20.0 Å². The third-order valence-electron chi connectivity index (χ3n) is 7.71. The molecule has 3 amide bonds. The number of carbonyl (C=O) groups excluding carboxylic acids is 3. The highest BCUT2D eigenvalue weighted by Gasteiger charge is 2.56. The third kappa shape index (κ3) is 5.64. The first-order chi connectivity index (χ1) is 21.3. The molecule has 0 radical (unpaired) electrons. The normalized spacial score (nSPS) is 19.3. The summed E-state index contributed by atoms with van der Waals surface area (Å²) in [5.41, 5.74) is 0.504. The Morgan fingerprint density at radius 2 is 1.62 bits per heavy atom. The number of thioether (sulfide) groups is 1. The van der Waals surface area contributed by atoms with E-state index < -0.39 is 63.7 Å². The summed E-state index contributed by atoms with van der Waals surface area (Å²) in [6.45, 7) is -0.587. The van der Waals surface area contributed by atoms with Gasteiger partial charge >= 0.3 is 11.0 Å². The number of thiazole rings is 1. The van der Waals surface area contributed by atoms with Crippen LogP contribution in [0.15, 0.2) is 82.6 Å². The first-order valence-electron chi connectivity index (χ1n) is 13.6. The van der Waals surface area contributed by atoms with Crippen LogP contribution >= 0.6 is 34.7 Å². The summed E-state index contributed by atoms with van der Waals surface area (Å²) in [7, 11) is 3.77. The molecular formula is C31H24ClF3N4O4S2. The first kappa shape index (κ1) is 30.9. The molecule has 1 fully saturated rings. The molecule has 3 aromatic carbocycles. The van der Waals surface area contributed by atoms with Crippen LogP contribution in [-0.2, 0) is 27.1 Å². The minimum absolute atomic E-state index is 0.325. The van der Waals surface area contributed by atoms with E-state index in [1.54, 1.807) is 24.3 Å². The number of benzene rings is 3. The minimum atomic E-state index is -4.70. The van der Waals surface area contributed by atoms with Crippen LogP contribution in [0.2, 0.25) is 5.02 Å². The fraction of sp³-hybridized carbons (Fsp3) is 0.226. The molecule has 1 N–H and O–H groups in total. The van der Waals surface area contributed by atoms with Gasteiger partial charge in [-0.05, 0) is 54.1 Å². The van der Waals surface area contributed by atoms with Crippen LogP contribution in [0, 0.1) is 5.92 Å². The lowest BCUT2D eigenvalue weighted by Gasteiger charge is -2.31. The largest absolute Gasteiger partial charge is 0.418 e. The van der Waals surface area contributed by atoms with Gasteiger partial charge in [-0.15, -0.1) is 0 Å². The maximum atomic E-state index is 14.0. The number of carbonyl (C=O) groups is 3. The van der Waals surface area contributed by atoms with E-state index in [1.807, 2.05) is 43.3 Å². The molecule has 0 spiro atoms. The van der Waals surface area contributed by atoms with E-state index in [0.717, 1.165) is 50.4 Å². The van der Waals surface area contributed by atoms with Crippen LogP contribution in [0.25, 0.3) is 0 Å². The maximum Gasteiger partial charge on any atom is 0.418 e. The zero-order valence-corrected chi connectivity index (χ0v) is 26.1. The van der Waals surface area contributed by atoms with Crippen molar-refractivity contribution in [2.75, 3.05) is 29.2 Å². The van der Waals surface area contributed by atoms with Gasteiger partial charge in [-0.1, -0.05) is 59.0 Å². The molecule has 2 aliphatic heterocycles. The number of rotatable bonds is 6. The van der Waals surface area contributed by atoms with Gasteiger partial charge in [-0.25, -0.2) is 4.90 Å². The molecule has 0 unspecified atom stereocenters. The van der Waals surface area contributed by atoms with Gasteiger partial charge in [0.05, 0.1) is 27.9 Å². The zero-order chi connectivity index (χ0) is 32.2. The van der Waals surface area contributed by atoms with Crippen molar-refractivity contribution >= 4 is 69.5 Å². The molecular weight excluding hydrogens is 649 g/mol. The van der Waals surface area contributed by atoms with Gasteiger partial charge in [-0.3, -0.25) is 23.7 Å². The Kier molecular flexibility index (Phi) is 8.04. The second kappa shape index (κ2) is 11.7. The van der Waals surface area contributed by atoms with E-state index in [-0.39, 0.29) is 0 Å². The Morgan fingerprint density at radius 1 is 0.956 bits per heavy atom. The molecule has 6 rings (SSSR count). The third-order valence-corrected chi connectivity index (χ3v) is 10.6. The fourth-order valence-corrected chi connectivity index (χ4v) is 8.51. The summed E-state index contributed by atoms with van der Waals surface area (Å²) < 4.78 is 41.7. The number of nitrogens with zero attached hydrogens (tertiary/aromatic N) is 3. The minimum Gasteiger partial charge on any atom is -0.378 e. The topological polar surface area (TPSA) is 91.7 Å². The number of halogens is 4. The van der Waals surface area contributed by atoms with Gasteiger partial charge in [0.15, 0.2) is 0 Å². The molecule has 0 aliphatic carbocycles. The standard InChI is InChI=1S/C31H24ClF3N4O4S2/c1-37(2)18-11-7-16(8-12-18)23-24-25(28(42)39(27(24)41)19-13-9-17(32)10-14-19)44-29-26(23)45-30(43)38(29)15-22(40)36-21-6-4-3-5-20(21)31(33,34)35/h3-14,23-25H,15H2,1-2H3,(H,36,40)/t23-,24-,25+/m0/s1. The average Bonchev–Trinajstić information content (AvgIpc) is 3.43. The van der Waals surface area contributed by atoms with Crippen molar-refractivity contribution in [2.24, 2.45) is 5.92 Å². The second-order valence-electron chi connectivity index (χ2n) is 10.7. The van der Waals surface area contributed by atoms with Crippen LogP contribution in [0.1, 0.15) is 21.9 Å². The predicted molar refractivity (Wildman–Crippen MR) is 168 cm³/mol. The maximum absolute atomic E-state index is 14.0. The Balaban J connectivity index is 1.40. The van der Waals surface area contributed by atoms with Gasteiger partial charge in [0.1, 0.15) is 11.8 Å². The highest BCUT2D eigenvalue weighted by molar-refractivity contribution is 8.00. The first-order valence-corrected chi connectivity index (χ1v) is 15.7. The van der Waals surface area contributed by atoms with Crippen LogP contribution in [0.5, 0.6) is 0 Å². The molecule has 1 saturated heterocycles. The Hall–Kier alpha value is -4.07. The lowest BCUT2D eigenvalue weighted by atomic mass is 9.83. The molecule has 1 aromatic heterocycles. The van der Waals surface area contributed by atoms with Crippen LogP contribution in [-0.4, -0.2) is 41.6 Å². The van der Waals surface area contributed by atoms with Gasteiger partial charge in [0.25, 0.3) is 0 Å². The summed E-state index contributed by atoms with van der Waals surface area (Å²) in [5, 5.41) is 2.11. The lowest BCUT2D eigenvalue weighted by Crippen LogP contribution is -2.33. The molecule has 3 heterocycles. The smallest absolute Gasteiger partial charge is 0.378 e. The van der Waals surface area contributed by atoms with E-state index in [0.29, 0.717) is 26.2 Å². The number of fused-ring (bicyclic) bond motifs is 2. The van der Waals surface area contributed by atoms with Crippen molar-refractivity contribution in [3.05, 3.63) is 103 Å². The molecule has 4 aromatic rings. The molecule has 3 atom stereocenters. The Morgan fingerprint density at radius 3 is 2.27 bits per heavy atom. The summed E-state index contributed by atoms with van der Waals surface area (Å²) in [6, 6.07) is 18.3.